The SMILES string of the molecule is CC(C)N1CCC(CNc2ccc(C#N)cc2N)C1. The highest BCUT2D eigenvalue weighted by molar-refractivity contribution is 5.68. The van der Waals surface area contributed by atoms with Crippen LogP contribution in [0.3, 0.4) is 0 Å². The molecule has 1 atom stereocenters. The maximum absolute atomic E-state index is 8.81. The van der Waals surface area contributed by atoms with E-state index in [1.165, 1.54) is 13.0 Å². The van der Waals surface area contributed by atoms with Crippen LogP contribution >= 0.6 is 0 Å². The average Bonchev–Trinajstić information content (AvgIpc) is 2.86. The third-order valence-corrected chi connectivity index (χ3v) is 3.81. The summed E-state index contributed by atoms with van der Waals surface area (Å²) in [6.07, 6.45) is 1.24. The molecule has 2 rings (SSSR count). The lowest BCUT2D eigenvalue weighted by Crippen LogP contribution is -2.29. The van der Waals surface area contributed by atoms with Crippen molar-refractivity contribution >= 4 is 11.4 Å². The lowest BCUT2D eigenvalue weighted by Gasteiger charge is -2.20. The number of nitrogens with one attached hydrogen (secondary N) is 1. The highest BCUT2D eigenvalue weighted by Gasteiger charge is 2.23. The average molecular weight is 258 g/mol. The fourth-order valence-corrected chi connectivity index (χ4v) is 2.55. The van der Waals surface area contributed by atoms with Crippen molar-refractivity contribution in [3.05, 3.63) is 23.8 Å². The Labute approximate surface area is 115 Å². The summed E-state index contributed by atoms with van der Waals surface area (Å²) in [6, 6.07) is 8.14. The third kappa shape index (κ3) is 3.39. The van der Waals surface area contributed by atoms with E-state index in [1.807, 2.05) is 6.07 Å². The van der Waals surface area contributed by atoms with Crippen LogP contribution in [-0.2, 0) is 0 Å². The van der Waals surface area contributed by atoms with Crippen molar-refractivity contribution in [3.8, 4) is 6.07 Å². The van der Waals surface area contributed by atoms with Crippen LogP contribution in [0.4, 0.5) is 11.4 Å². The van der Waals surface area contributed by atoms with Gasteiger partial charge in [0.25, 0.3) is 0 Å². The summed E-state index contributed by atoms with van der Waals surface area (Å²) in [5.74, 6) is 0.678. The molecule has 102 valence electrons. The number of nitrogens with two attached hydrogens (primary N) is 1. The van der Waals surface area contributed by atoms with E-state index in [0.717, 1.165) is 18.8 Å². The molecule has 3 N–H and O–H groups in total. The quantitative estimate of drug-likeness (QED) is 0.813. The van der Waals surface area contributed by atoms with Crippen LogP contribution in [-0.4, -0.2) is 30.6 Å². The zero-order valence-electron chi connectivity index (χ0n) is 11.7. The molecular weight excluding hydrogens is 236 g/mol. The Kier molecular flexibility index (Phi) is 4.28. The summed E-state index contributed by atoms with van der Waals surface area (Å²) in [7, 11) is 0. The largest absolute Gasteiger partial charge is 0.397 e. The second-order valence-corrected chi connectivity index (χ2v) is 5.54. The summed E-state index contributed by atoms with van der Waals surface area (Å²) in [5, 5.41) is 12.2. The van der Waals surface area contributed by atoms with Crippen LogP contribution in [0, 0.1) is 17.2 Å². The van der Waals surface area contributed by atoms with Crippen LogP contribution in [0.25, 0.3) is 0 Å². The van der Waals surface area contributed by atoms with E-state index in [1.54, 1.807) is 12.1 Å². The zero-order chi connectivity index (χ0) is 13.8. The Morgan fingerprint density at radius 3 is 2.89 bits per heavy atom. The number of likely N-dealkylation sites (tertiary alicyclic amines) is 1. The summed E-state index contributed by atoms with van der Waals surface area (Å²) in [5.41, 5.74) is 8.12. The maximum Gasteiger partial charge on any atom is 0.0992 e. The first-order valence-corrected chi connectivity index (χ1v) is 6.87. The first-order valence-electron chi connectivity index (χ1n) is 6.87. The Morgan fingerprint density at radius 2 is 2.32 bits per heavy atom. The summed E-state index contributed by atoms with van der Waals surface area (Å²) >= 11 is 0. The van der Waals surface area contributed by atoms with Crippen LogP contribution in [0.1, 0.15) is 25.8 Å². The van der Waals surface area contributed by atoms with Crippen LogP contribution in [0.5, 0.6) is 0 Å². The number of nitriles is 1. The Hall–Kier alpha value is -1.73. The third-order valence-electron chi connectivity index (χ3n) is 3.81. The van der Waals surface area contributed by atoms with E-state index in [0.29, 0.717) is 23.2 Å². The number of hydrogen-bond donors (Lipinski definition) is 2. The molecule has 4 nitrogen and oxygen atoms in total. The monoisotopic (exact) mass is 258 g/mol. The fraction of sp³-hybridized carbons (Fsp3) is 0.533. The van der Waals surface area contributed by atoms with E-state index < -0.39 is 0 Å². The summed E-state index contributed by atoms with van der Waals surface area (Å²) in [6.45, 7) is 7.77. The van der Waals surface area contributed by atoms with Gasteiger partial charge < -0.3 is 16.0 Å². The Balaban J connectivity index is 1.88. The van der Waals surface area contributed by atoms with E-state index in [-0.39, 0.29) is 0 Å². The van der Waals surface area contributed by atoms with Crippen molar-refractivity contribution in [2.75, 3.05) is 30.7 Å². The number of benzene rings is 1. The van der Waals surface area contributed by atoms with Crippen LogP contribution < -0.4 is 11.1 Å². The molecule has 1 aromatic carbocycles. The van der Waals surface area contributed by atoms with Crippen molar-refractivity contribution < 1.29 is 0 Å². The van der Waals surface area contributed by atoms with Gasteiger partial charge >= 0.3 is 0 Å². The summed E-state index contributed by atoms with van der Waals surface area (Å²) < 4.78 is 0. The molecule has 0 amide bonds. The highest BCUT2D eigenvalue weighted by Crippen LogP contribution is 2.22. The normalized spacial score (nSPS) is 19.6. The van der Waals surface area contributed by atoms with Gasteiger partial charge in [0.05, 0.1) is 23.0 Å². The second kappa shape index (κ2) is 5.94. The lowest BCUT2D eigenvalue weighted by atomic mass is 10.1. The van der Waals surface area contributed by atoms with E-state index in [4.69, 9.17) is 11.0 Å². The zero-order valence-corrected chi connectivity index (χ0v) is 11.7. The predicted molar refractivity (Wildman–Crippen MR) is 78.9 cm³/mol. The molecule has 1 aliphatic heterocycles. The molecule has 1 aliphatic rings. The molecule has 4 heteroatoms. The van der Waals surface area contributed by atoms with Crippen LogP contribution in [0.15, 0.2) is 18.2 Å². The summed E-state index contributed by atoms with van der Waals surface area (Å²) in [4.78, 5) is 2.51. The van der Waals surface area contributed by atoms with Crippen molar-refractivity contribution in [1.82, 2.24) is 4.90 Å². The molecule has 1 aromatic rings. The molecule has 1 saturated heterocycles. The van der Waals surface area contributed by atoms with Crippen molar-refractivity contribution in [2.45, 2.75) is 26.3 Å². The van der Waals surface area contributed by atoms with E-state index in [9.17, 15) is 0 Å². The molecule has 0 radical (unpaired) electrons. The molecule has 0 saturated carbocycles. The van der Waals surface area contributed by atoms with Crippen molar-refractivity contribution in [2.24, 2.45) is 5.92 Å². The van der Waals surface area contributed by atoms with E-state index >= 15 is 0 Å². The highest BCUT2D eigenvalue weighted by atomic mass is 15.2. The van der Waals surface area contributed by atoms with Gasteiger partial charge in [-0.05, 0) is 50.9 Å². The Morgan fingerprint density at radius 1 is 1.53 bits per heavy atom. The van der Waals surface area contributed by atoms with E-state index in [2.05, 4.69) is 30.1 Å². The van der Waals surface area contributed by atoms with Gasteiger partial charge in [-0.2, -0.15) is 5.26 Å². The number of hydrogen-bond acceptors (Lipinski definition) is 4. The smallest absolute Gasteiger partial charge is 0.0992 e. The fourth-order valence-electron chi connectivity index (χ4n) is 2.55. The van der Waals surface area contributed by atoms with Gasteiger partial charge in [0, 0.05) is 19.1 Å². The molecule has 1 fully saturated rings. The van der Waals surface area contributed by atoms with Gasteiger partial charge in [0.1, 0.15) is 0 Å². The topological polar surface area (TPSA) is 65.1 Å². The molecular formula is C15H22N4. The first kappa shape index (κ1) is 13.7. The minimum absolute atomic E-state index is 0.606. The van der Waals surface area contributed by atoms with Gasteiger partial charge in [-0.15, -0.1) is 0 Å². The molecule has 1 unspecified atom stereocenters. The molecule has 0 spiro atoms. The van der Waals surface area contributed by atoms with Gasteiger partial charge in [-0.3, -0.25) is 0 Å². The van der Waals surface area contributed by atoms with Gasteiger partial charge in [-0.25, -0.2) is 0 Å². The number of anilines is 2. The van der Waals surface area contributed by atoms with Gasteiger partial charge in [0.15, 0.2) is 0 Å². The maximum atomic E-state index is 8.81. The minimum Gasteiger partial charge on any atom is -0.397 e. The number of nitrogens with zero attached hydrogens (tertiary/aromatic N) is 2. The first-order chi connectivity index (χ1) is 9.10. The van der Waals surface area contributed by atoms with Crippen LogP contribution in [0.2, 0.25) is 0 Å². The van der Waals surface area contributed by atoms with Gasteiger partial charge in [-0.1, -0.05) is 0 Å². The predicted octanol–water partition coefficient (Wildman–Crippen LogP) is 2.28. The van der Waals surface area contributed by atoms with Crippen molar-refractivity contribution in [3.63, 3.8) is 0 Å². The molecule has 19 heavy (non-hydrogen) atoms. The molecule has 1 heterocycles. The molecule has 0 bridgehead atoms. The minimum atomic E-state index is 0.606. The Bertz CT molecular complexity index is 476. The number of nitrogen functional groups attached to an aromatic ring is 1. The van der Waals surface area contributed by atoms with Gasteiger partial charge in [0.2, 0.25) is 0 Å². The molecule has 0 aliphatic carbocycles. The lowest BCUT2D eigenvalue weighted by molar-refractivity contribution is 0.266. The molecule has 0 aromatic heterocycles. The standard InChI is InChI=1S/C15H22N4/c1-11(2)19-6-5-13(10-19)9-18-15-4-3-12(8-16)7-14(15)17/h3-4,7,11,13,18H,5-6,9-10,17H2,1-2H3. The second-order valence-electron chi connectivity index (χ2n) is 5.54. The van der Waals surface area contributed by atoms with Crippen molar-refractivity contribution in [1.29, 1.82) is 5.26 Å². The number of rotatable bonds is 4.